The van der Waals surface area contributed by atoms with Gasteiger partial charge in [-0.1, -0.05) is 29.8 Å². The monoisotopic (exact) mass is 395 g/mol. The molecule has 2 unspecified atom stereocenters. The van der Waals surface area contributed by atoms with E-state index >= 15 is 0 Å². The Kier molecular flexibility index (Phi) is 6.44. The summed E-state index contributed by atoms with van der Waals surface area (Å²) in [5.41, 5.74) is 2.47. The molecular formula is C21H24Cl2FNO. The van der Waals surface area contributed by atoms with Gasteiger partial charge in [0.25, 0.3) is 0 Å². The van der Waals surface area contributed by atoms with E-state index in [4.69, 9.17) is 27.9 Å². The topological polar surface area (TPSA) is 12.5 Å². The predicted molar refractivity (Wildman–Crippen MR) is 106 cm³/mol. The zero-order chi connectivity index (χ0) is 18.6. The summed E-state index contributed by atoms with van der Waals surface area (Å²) in [6.45, 7) is 5.03. The van der Waals surface area contributed by atoms with Crippen molar-refractivity contribution in [3.05, 3.63) is 65.5 Å². The number of rotatable bonds is 6. The summed E-state index contributed by atoms with van der Waals surface area (Å²) in [4.78, 5) is 1.86. The Hall–Kier alpha value is -1.29. The van der Waals surface area contributed by atoms with E-state index in [0.29, 0.717) is 12.4 Å². The molecule has 0 amide bonds. The Labute approximate surface area is 164 Å². The lowest BCUT2D eigenvalue weighted by Gasteiger charge is -2.41. The first-order chi connectivity index (χ1) is 12.4. The highest BCUT2D eigenvalue weighted by Crippen LogP contribution is 2.36. The van der Waals surface area contributed by atoms with E-state index in [9.17, 15) is 4.39 Å². The summed E-state index contributed by atoms with van der Waals surface area (Å²) in [6.07, 6.45) is 1.62. The van der Waals surface area contributed by atoms with Gasteiger partial charge in [-0.15, -0.1) is 23.2 Å². The van der Waals surface area contributed by atoms with Crippen molar-refractivity contribution < 1.29 is 9.13 Å². The number of alkyl halides is 2. The molecule has 0 bridgehead atoms. The van der Waals surface area contributed by atoms with Crippen LogP contribution in [0.2, 0.25) is 0 Å². The average Bonchev–Trinajstić information content (AvgIpc) is 2.62. The fourth-order valence-corrected chi connectivity index (χ4v) is 3.94. The van der Waals surface area contributed by atoms with Gasteiger partial charge in [0.15, 0.2) is 0 Å². The van der Waals surface area contributed by atoms with Crippen molar-refractivity contribution in [1.82, 2.24) is 4.90 Å². The van der Waals surface area contributed by atoms with E-state index in [0.717, 1.165) is 32.5 Å². The third-order valence-corrected chi connectivity index (χ3v) is 6.19. The van der Waals surface area contributed by atoms with Crippen LogP contribution in [-0.4, -0.2) is 41.4 Å². The van der Waals surface area contributed by atoms with Gasteiger partial charge in [-0.05, 0) is 49.6 Å². The highest BCUT2D eigenvalue weighted by molar-refractivity contribution is 6.32. The Balaban J connectivity index is 1.48. The Morgan fingerprint density at radius 2 is 1.85 bits per heavy atom. The predicted octanol–water partition coefficient (Wildman–Crippen LogP) is 5.05. The van der Waals surface area contributed by atoms with E-state index in [1.165, 1.54) is 23.3 Å². The molecule has 2 nitrogen and oxygen atoms in total. The maximum absolute atomic E-state index is 12.9. The van der Waals surface area contributed by atoms with Gasteiger partial charge >= 0.3 is 0 Å². The fraction of sp³-hybridized carbons (Fsp3) is 0.429. The minimum absolute atomic E-state index is 0.120. The van der Waals surface area contributed by atoms with Crippen LogP contribution in [0.25, 0.3) is 0 Å². The van der Waals surface area contributed by atoms with E-state index in [1.807, 2.05) is 0 Å². The molecule has 0 spiro atoms. The van der Waals surface area contributed by atoms with Crippen LogP contribution in [0.5, 0.6) is 5.75 Å². The Morgan fingerprint density at radius 1 is 1.15 bits per heavy atom. The van der Waals surface area contributed by atoms with Crippen LogP contribution in [0.3, 0.4) is 0 Å². The molecule has 1 aliphatic rings. The van der Waals surface area contributed by atoms with Gasteiger partial charge < -0.3 is 4.74 Å². The van der Waals surface area contributed by atoms with E-state index in [2.05, 4.69) is 36.1 Å². The molecule has 0 aliphatic carbocycles. The number of piperidine rings is 1. The van der Waals surface area contributed by atoms with Crippen LogP contribution >= 0.6 is 23.2 Å². The molecule has 1 aliphatic heterocycles. The summed E-state index contributed by atoms with van der Waals surface area (Å²) in [5.74, 6) is 0.419. The lowest BCUT2D eigenvalue weighted by atomic mass is 9.88. The standard InChI is InChI=1S/C21H24Cl2FNO/c1-16-2-4-17(5-3-16)14-21(23)10-11-25(15-20(21)22)12-13-26-19-8-6-18(24)7-9-19/h2-9,20H,10-15H2,1H3. The number of benzene rings is 2. The van der Waals surface area contributed by atoms with Crippen LogP contribution in [-0.2, 0) is 6.42 Å². The SMILES string of the molecule is Cc1ccc(CC2(Cl)CCN(CCOc3ccc(F)cc3)CC2Cl)cc1. The molecule has 1 saturated heterocycles. The molecule has 0 radical (unpaired) electrons. The molecule has 0 N–H and O–H groups in total. The quantitative estimate of drug-likeness (QED) is 0.634. The number of hydrogen-bond donors (Lipinski definition) is 0. The average molecular weight is 396 g/mol. The second kappa shape index (κ2) is 8.60. The van der Waals surface area contributed by atoms with Gasteiger partial charge in [-0.3, -0.25) is 4.90 Å². The van der Waals surface area contributed by atoms with Crippen LogP contribution in [0.15, 0.2) is 48.5 Å². The van der Waals surface area contributed by atoms with Gasteiger partial charge in [-0.2, -0.15) is 0 Å². The van der Waals surface area contributed by atoms with Crippen molar-refractivity contribution in [2.45, 2.75) is 30.0 Å². The highest BCUT2D eigenvalue weighted by atomic mass is 35.5. The van der Waals surface area contributed by atoms with Crippen molar-refractivity contribution in [2.75, 3.05) is 26.2 Å². The van der Waals surface area contributed by atoms with Gasteiger partial charge in [0, 0.05) is 19.6 Å². The zero-order valence-corrected chi connectivity index (χ0v) is 16.4. The van der Waals surface area contributed by atoms with E-state index in [1.54, 1.807) is 12.1 Å². The van der Waals surface area contributed by atoms with Crippen LogP contribution < -0.4 is 4.74 Å². The van der Waals surface area contributed by atoms with E-state index in [-0.39, 0.29) is 11.2 Å². The lowest BCUT2D eigenvalue weighted by molar-refractivity contribution is 0.166. The van der Waals surface area contributed by atoms with Crippen molar-refractivity contribution in [1.29, 1.82) is 0 Å². The molecule has 1 heterocycles. The lowest BCUT2D eigenvalue weighted by Crippen LogP contribution is -2.51. The number of halogens is 3. The maximum Gasteiger partial charge on any atom is 0.123 e. The number of aryl methyl sites for hydroxylation is 1. The first kappa shape index (κ1) is 19.5. The molecule has 140 valence electrons. The van der Waals surface area contributed by atoms with Crippen molar-refractivity contribution in [2.24, 2.45) is 0 Å². The minimum Gasteiger partial charge on any atom is -0.492 e. The minimum atomic E-state index is -0.412. The summed E-state index contributed by atoms with van der Waals surface area (Å²) in [6, 6.07) is 14.6. The van der Waals surface area contributed by atoms with Crippen LogP contribution in [0.4, 0.5) is 4.39 Å². The third-order valence-electron chi connectivity index (χ3n) is 4.93. The molecule has 2 aromatic carbocycles. The molecule has 0 saturated carbocycles. The molecule has 0 aromatic heterocycles. The zero-order valence-electron chi connectivity index (χ0n) is 14.9. The molecule has 2 aromatic rings. The normalized spacial score (nSPS) is 23.8. The second-order valence-electron chi connectivity index (χ2n) is 7.02. The summed E-state index contributed by atoms with van der Waals surface area (Å²) in [7, 11) is 0. The molecule has 5 heteroatoms. The van der Waals surface area contributed by atoms with Gasteiger partial charge in [0.05, 0.1) is 10.3 Å². The summed E-state index contributed by atoms with van der Waals surface area (Å²) in [5, 5.41) is -0.120. The Bertz CT molecular complexity index is 707. The van der Waals surface area contributed by atoms with Crippen molar-refractivity contribution >= 4 is 23.2 Å². The molecular weight excluding hydrogens is 372 g/mol. The number of ether oxygens (including phenoxy) is 1. The second-order valence-corrected chi connectivity index (χ2v) is 8.30. The maximum atomic E-state index is 12.9. The number of hydrogen-bond acceptors (Lipinski definition) is 2. The van der Waals surface area contributed by atoms with Crippen molar-refractivity contribution in [3.63, 3.8) is 0 Å². The van der Waals surface area contributed by atoms with E-state index < -0.39 is 4.87 Å². The molecule has 1 fully saturated rings. The first-order valence-electron chi connectivity index (χ1n) is 8.94. The Morgan fingerprint density at radius 3 is 2.50 bits per heavy atom. The molecule has 3 rings (SSSR count). The van der Waals surface area contributed by atoms with Gasteiger partial charge in [0.1, 0.15) is 18.2 Å². The highest BCUT2D eigenvalue weighted by Gasteiger charge is 2.40. The van der Waals surface area contributed by atoms with Crippen LogP contribution in [0, 0.1) is 12.7 Å². The number of likely N-dealkylation sites (tertiary alicyclic amines) is 1. The van der Waals surface area contributed by atoms with Crippen LogP contribution in [0.1, 0.15) is 17.5 Å². The largest absolute Gasteiger partial charge is 0.492 e. The molecule has 2 atom stereocenters. The fourth-order valence-electron chi connectivity index (χ4n) is 3.25. The first-order valence-corrected chi connectivity index (χ1v) is 9.75. The van der Waals surface area contributed by atoms with Crippen molar-refractivity contribution in [3.8, 4) is 5.75 Å². The molecule has 26 heavy (non-hydrogen) atoms. The smallest absolute Gasteiger partial charge is 0.123 e. The third kappa shape index (κ3) is 5.12. The number of nitrogens with zero attached hydrogens (tertiary/aromatic N) is 1. The van der Waals surface area contributed by atoms with Gasteiger partial charge in [-0.25, -0.2) is 4.39 Å². The summed E-state index contributed by atoms with van der Waals surface area (Å²) >= 11 is 13.5. The van der Waals surface area contributed by atoms with Gasteiger partial charge in [0.2, 0.25) is 0 Å². The summed E-state index contributed by atoms with van der Waals surface area (Å²) < 4.78 is 18.6.